The Morgan fingerprint density at radius 1 is 1.28 bits per heavy atom. The first-order chi connectivity index (χ1) is 8.65. The highest BCUT2D eigenvalue weighted by molar-refractivity contribution is 14.1. The molecule has 98 valence electrons. The first-order valence-electron chi connectivity index (χ1n) is 6.25. The molecule has 1 aliphatic rings. The van der Waals surface area contributed by atoms with Gasteiger partial charge in [-0.25, -0.2) is 0 Å². The molecule has 1 amide bonds. The topological polar surface area (TPSA) is 29.1 Å². The van der Waals surface area contributed by atoms with Crippen LogP contribution >= 0.6 is 34.2 Å². The Morgan fingerprint density at radius 3 is 2.44 bits per heavy atom. The molecule has 0 saturated heterocycles. The fraction of sp³-hybridized carbons (Fsp3) is 0.500. The van der Waals surface area contributed by atoms with E-state index in [1.54, 1.807) is 0 Å². The molecular formula is C14H17ClINO. The van der Waals surface area contributed by atoms with Gasteiger partial charge in [0.25, 0.3) is 5.91 Å². The molecule has 1 N–H and O–H groups in total. The number of rotatable bonds is 4. The van der Waals surface area contributed by atoms with Crippen molar-refractivity contribution in [2.75, 3.05) is 12.4 Å². The van der Waals surface area contributed by atoms with Crippen LogP contribution in [0.2, 0.25) is 0 Å². The van der Waals surface area contributed by atoms with Crippen LogP contribution in [0.15, 0.2) is 24.3 Å². The van der Waals surface area contributed by atoms with Gasteiger partial charge >= 0.3 is 0 Å². The van der Waals surface area contributed by atoms with Crippen molar-refractivity contribution in [1.29, 1.82) is 0 Å². The summed E-state index contributed by atoms with van der Waals surface area (Å²) in [7, 11) is 0. The third kappa shape index (κ3) is 3.38. The van der Waals surface area contributed by atoms with Crippen molar-refractivity contribution < 1.29 is 4.79 Å². The summed E-state index contributed by atoms with van der Waals surface area (Å²) in [5, 5.41) is 3.03. The van der Waals surface area contributed by atoms with E-state index in [9.17, 15) is 4.79 Å². The van der Waals surface area contributed by atoms with Gasteiger partial charge in [-0.1, -0.05) is 12.8 Å². The summed E-state index contributed by atoms with van der Waals surface area (Å²) in [4.78, 5) is 12.0. The van der Waals surface area contributed by atoms with Crippen molar-refractivity contribution in [1.82, 2.24) is 5.32 Å². The second-order valence-electron chi connectivity index (χ2n) is 5.03. The second-order valence-corrected chi connectivity index (χ2v) is 6.54. The summed E-state index contributed by atoms with van der Waals surface area (Å²) in [5.74, 6) is 0.641. The summed E-state index contributed by atoms with van der Waals surface area (Å²) in [5.41, 5.74) is 0.846. The van der Waals surface area contributed by atoms with Gasteiger partial charge in [-0.15, -0.1) is 11.6 Å². The summed E-state index contributed by atoms with van der Waals surface area (Å²) >= 11 is 8.29. The van der Waals surface area contributed by atoms with E-state index in [1.807, 2.05) is 24.3 Å². The summed E-state index contributed by atoms with van der Waals surface area (Å²) in [6, 6.07) is 7.61. The third-order valence-corrected chi connectivity index (χ3v) is 4.96. The van der Waals surface area contributed by atoms with E-state index >= 15 is 0 Å². The van der Waals surface area contributed by atoms with Crippen LogP contribution in [0.5, 0.6) is 0 Å². The lowest BCUT2D eigenvalue weighted by atomic mass is 9.88. The van der Waals surface area contributed by atoms with E-state index in [-0.39, 0.29) is 11.3 Å². The van der Waals surface area contributed by atoms with E-state index in [4.69, 9.17) is 11.6 Å². The quantitative estimate of drug-likeness (QED) is 0.627. The zero-order valence-corrected chi connectivity index (χ0v) is 13.1. The van der Waals surface area contributed by atoms with Crippen LogP contribution in [0.25, 0.3) is 0 Å². The highest BCUT2D eigenvalue weighted by atomic mass is 127. The maximum atomic E-state index is 12.0. The number of alkyl halides is 1. The molecule has 0 radical (unpaired) electrons. The molecule has 0 unspecified atom stereocenters. The van der Waals surface area contributed by atoms with Gasteiger partial charge < -0.3 is 5.32 Å². The number of nitrogens with one attached hydrogen (secondary N) is 1. The van der Waals surface area contributed by atoms with Gasteiger partial charge in [-0.05, 0) is 59.7 Å². The Balaban J connectivity index is 1.93. The van der Waals surface area contributed by atoms with Gasteiger partial charge in [0, 0.05) is 27.0 Å². The maximum absolute atomic E-state index is 12.0. The molecule has 0 atom stereocenters. The van der Waals surface area contributed by atoms with Crippen LogP contribution in [-0.2, 0) is 0 Å². The van der Waals surface area contributed by atoms with Crippen LogP contribution in [-0.4, -0.2) is 18.3 Å². The average molecular weight is 378 g/mol. The van der Waals surface area contributed by atoms with Gasteiger partial charge in [0.05, 0.1) is 0 Å². The zero-order valence-electron chi connectivity index (χ0n) is 10.2. The summed E-state index contributed by atoms with van der Waals surface area (Å²) in [6.45, 7) is 0.696. The molecule has 1 saturated carbocycles. The molecule has 0 spiro atoms. The fourth-order valence-corrected chi connectivity index (χ4v) is 3.18. The van der Waals surface area contributed by atoms with Gasteiger partial charge in [-0.3, -0.25) is 4.79 Å². The number of carbonyl (C=O) groups is 1. The molecule has 1 aliphatic carbocycles. The van der Waals surface area contributed by atoms with Gasteiger partial charge in [-0.2, -0.15) is 0 Å². The Hall–Kier alpha value is -0.290. The van der Waals surface area contributed by atoms with Crippen LogP contribution in [0, 0.1) is 8.99 Å². The lowest BCUT2D eigenvalue weighted by Gasteiger charge is -2.26. The largest absolute Gasteiger partial charge is 0.351 e. The molecule has 1 aromatic rings. The molecule has 0 aliphatic heterocycles. The predicted octanol–water partition coefficient (Wildman–Crippen LogP) is 3.82. The Kier molecular flexibility index (Phi) is 4.90. The van der Waals surface area contributed by atoms with Crippen molar-refractivity contribution in [3.63, 3.8) is 0 Å². The van der Waals surface area contributed by atoms with E-state index < -0.39 is 0 Å². The minimum atomic E-state index is 0.00258. The molecule has 4 heteroatoms. The lowest BCUT2D eigenvalue weighted by Crippen LogP contribution is -2.37. The fourth-order valence-electron chi connectivity index (χ4n) is 2.45. The average Bonchev–Trinajstić information content (AvgIpc) is 2.86. The number of hydrogen-bond donors (Lipinski definition) is 1. The smallest absolute Gasteiger partial charge is 0.251 e. The van der Waals surface area contributed by atoms with Gasteiger partial charge in [0.2, 0.25) is 0 Å². The van der Waals surface area contributed by atoms with Crippen LogP contribution in [0.3, 0.4) is 0 Å². The summed E-state index contributed by atoms with van der Waals surface area (Å²) < 4.78 is 1.14. The van der Waals surface area contributed by atoms with Crippen LogP contribution < -0.4 is 5.32 Å². The number of carbonyl (C=O) groups excluding carboxylic acids is 1. The Morgan fingerprint density at radius 2 is 1.89 bits per heavy atom. The maximum Gasteiger partial charge on any atom is 0.251 e. The number of halogens is 2. The molecule has 2 nitrogen and oxygen atoms in total. The number of amides is 1. The molecule has 0 heterocycles. The Bertz CT molecular complexity index is 412. The van der Waals surface area contributed by atoms with Crippen LogP contribution in [0.1, 0.15) is 36.0 Å². The first-order valence-corrected chi connectivity index (χ1v) is 7.86. The zero-order chi connectivity index (χ0) is 13.0. The van der Waals surface area contributed by atoms with Crippen molar-refractivity contribution >= 4 is 40.1 Å². The molecule has 1 fully saturated rings. The monoisotopic (exact) mass is 377 g/mol. The third-order valence-electron chi connectivity index (χ3n) is 3.68. The number of benzene rings is 1. The molecule has 2 rings (SSSR count). The lowest BCUT2D eigenvalue weighted by molar-refractivity contribution is 0.0935. The van der Waals surface area contributed by atoms with E-state index in [2.05, 4.69) is 27.9 Å². The van der Waals surface area contributed by atoms with Crippen LogP contribution in [0.4, 0.5) is 0 Å². The van der Waals surface area contributed by atoms with E-state index in [0.717, 1.165) is 22.0 Å². The molecule has 0 aromatic heterocycles. The Labute approximate surface area is 127 Å². The molecule has 1 aromatic carbocycles. The minimum absolute atomic E-state index is 0.00258. The van der Waals surface area contributed by atoms with Gasteiger partial charge in [0.1, 0.15) is 0 Å². The molecule has 0 bridgehead atoms. The van der Waals surface area contributed by atoms with Crippen molar-refractivity contribution in [2.24, 2.45) is 5.41 Å². The molecule has 18 heavy (non-hydrogen) atoms. The molecular weight excluding hydrogens is 361 g/mol. The van der Waals surface area contributed by atoms with E-state index in [0.29, 0.717) is 12.4 Å². The second kappa shape index (κ2) is 6.24. The van der Waals surface area contributed by atoms with E-state index in [1.165, 1.54) is 12.8 Å². The SMILES string of the molecule is O=C(NCC1(CCl)CCCC1)c1ccc(I)cc1. The predicted molar refractivity (Wildman–Crippen MR) is 83.1 cm³/mol. The first kappa shape index (κ1) is 14.1. The standard InChI is InChI=1S/C14H17ClINO/c15-9-14(7-1-2-8-14)10-17-13(18)11-3-5-12(16)6-4-11/h3-6H,1-2,7-10H2,(H,17,18). The summed E-state index contributed by atoms with van der Waals surface area (Å²) in [6.07, 6.45) is 4.71. The van der Waals surface area contributed by atoms with Gasteiger partial charge in [0.15, 0.2) is 0 Å². The van der Waals surface area contributed by atoms with Crippen molar-refractivity contribution in [3.05, 3.63) is 33.4 Å². The highest BCUT2D eigenvalue weighted by Gasteiger charge is 2.33. The highest BCUT2D eigenvalue weighted by Crippen LogP contribution is 2.38. The van der Waals surface area contributed by atoms with Crippen molar-refractivity contribution in [2.45, 2.75) is 25.7 Å². The normalized spacial score (nSPS) is 17.7. The minimum Gasteiger partial charge on any atom is -0.351 e. The number of hydrogen-bond acceptors (Lipinski definition) is 1. The van der Waals surface area contributed by atoms with Crippen molar-refractivity contribution in [3.8, 4) is 0 Å².